The number of aromatic nitrogens is 2. The minimum Gasteiger partial charge on any atom is -0.379 e. The number of anilines is 2. The van der Waals surface area contributed by atoms with E-state index in [9.17, 15) is 23.3 Å². The van der Waals surface area contributed by atoms with E-state index in [1.165, 1.54) is 33.3 Å². The lowest BCUT2D eigenvalue weighted by molar-refractivity contribution is -0.384. The molecule has 2 aromatic rings. The number of hydrogen-bond donors (Lipinski definition) is 1. The number of ether oxygens (including phenoxy) is 1. The second kappa shape index (κ2) is 9.44. The van der Waals surface area contributed by atoms with Gasteiger partial charge >= 0.3 is 0 Å². The number of piperidine rings is 1. The number of carbonyl (C=O) groups excluding carboxylic acids is 1. The molecule has 0 radical (unpaired) electrons. The molecule has 32 heavy (non-hydrogen) atoms. The number of hydrogen-bond acceptors (Lipinski definition) is 10. The van der Waals surface area contributed by atoms with E-state index in [1.54, 1.807) is 0 Å². The van der Waals surface area contributed by atoms with Crippen molar-refractivity contribution in [2.75, 3.05) is 49.6 Å². The molecule has 0 spiro atoms. The van der Waals surface area contributed by atoms with Crippen molar-refractivity contribution in [3.05, 3.63) is 33.8 Å². The number of sulfonamides is 1. The first kappa shape index (κ1) is 22.5. The van der Waals surface area contributed by atoms with Gasteiger partial charge in [-0.1, -0.05) is 11.3 Å². The molecule has 2 fully saturated rings. The van der Waals surface area contributed by atoms with Crippen LogP contribution in [0.5, 0.6) is 0 Å². The lowest BCUT2D eigenvalue weighted by Gasteiger charge is -2.32. The van der Waals surface area contributed by atoms with Crippen molar-refractivity contribution in [2.24, 2.45) is 5.92 Å². The lowest BCUT2D eigenvalue weighted by Crippen LogP contribution is -2.40. The minimum atomic E-state index is -3.84. The zero-order chi connectivity index (χ0) is 22.7. The molecule has 2 saturated heterocycles. The van der Waals surface area contributed by atoms with E-state index in [2.05, 4.69) is 15.5 Å². The summed E-state index contributed by atoms with van der Waals surface area (Å²) < 4.78 is 32.2. The van der Waals surface area contributed by atoms with E-state index in [-0.39, 0.29) is 35.5 Å². The Morgan fingerprint density at radius 2 is 1.94 bits per heavy atom. The van der Waals surface area contributed by atoms with Gasteiger partial charge in [-0.3, -0.25) is 14.9 Å². The van der Waals surface area contributed by atoms with Crippen molar-refractivity contribution < 1.29 is 22.9 Å². The first-order chi connectivity index (χ1) is 15.4. The Morgan fingerprint density at radius 3 is 2.56 bits per heavy atom. The van der Waals surface area contributed by atoms with Gasteiger partial charge in [0.25, 0.3) is 5.69 Å². The van der Waals surface area contributed by atoms with E-state index in [1.807, 2.05) is 4.90 Å². The Bertz CT molecular complexity index is 1080. The predicted molar refractivity (Wildman–Crippen MR) is 116 cm³/mol. The van der Waals surface area contributed by atoms with Crippen LogP contribution in [0.2, 0.25) is 0 Å². The molecule has 0 bridgehead atoms. The van der Waals surface area contributed by atoms with Gasteiger partial charge in [-0.05, 0) is 25.0 Å². The summed E-state index contributed by atoms with van der Waals surface area (Å²) in [4.78, 5) is 25.3. The van der Waals surface area contributed by atoms with Gasteiger partial charge in [-0.15, -0.1) is 10.2 Å². The molecule has 0 aliphatic carbocycles. The standard InChI is InChI=1S/C18H22N6O6S2/c25-17(20-18-21-19-12-31-18)13-3-5-22(6-4-13)15-2-1-14(11-16(15)24(26)27)32(28,29)23-7-9-30-10-8-23/h1-2,11-13H,3-10H2,(H,20,21,25). The van der Waals surface area contributed by atoms with Gasteiger partial charge in [0.15, 0.2) is 0 Å². The first-order valence-electron chi connectivity index (χ1n) is 10.0. The van der Waals surface area contributed by atoms with Crippen molar-refractivity contribution in [1.82, 2.24) is 14.5 Å². The van der Waals surface area contributed by atoms with Crippen LogP contribution in [-0.2, 0) is 19.6 Å². The molecule has 14 heteroatoms. The number of benzene rings is 1. The maximum atomic E-state index is 12.9. The van der Waals surface area contributed by atoms with E-state index >= 15 is 0 Å². The number of nitrogens with one attached hydrogen (secondary N) is 1. The molecule has 172 valence electrons. The smallest absolute Gasteiger partial charge is 0.293 e. The predicted octanol–water partition coefficient (Wildman–Crippen LogP) is 1.32. The number of morpholine rings is 1. The summed E-state index contributed by atoms with van der Waals surface area (Å²) in [6, 6.07) is 4.00. The van der Waals surface area contributed by atoms with Crippen molar-refractivity contribution in [3.63, 3.8) is 0 Å². The number of carbonyl (C=O) groups is 1. The summed E-state index contributed by atoms with van der Waals surface area (Å²) in [7, 11) is -3.84. The highest BCUT2D eigenvalue weighted by molar-refractivity contribution is 7.89. The lowest BCUT2D eigenvalue weighted by atomic mass is 9.95. The number of rotatable bonds is 6. The number of nitro groups is 1. The quantitative estimate of drug-likeness (QED) is 0.475. The first-order valence-corrected chi connectivity index (χ1v) is 12.4. The normalized spacial score (nSPS) is 18.4. The van der Waals surface area contributed by atoms with E-state index < -0.39 is 14.9 Å². The van der Waals surface area contributed by atoms with Crippen LogP contribution in [-0.4, -0.2) is 73.1 Å². The molecular weight excluding hydrogens is 460 g/mol. The maximum absolute atomic E-state index is 12.9. The summed E-state index contributed by atoms with van der Waals surface area (Å²) in [6.45, 7) is 1.88. The number of nitro benzene ring substituents is 1. The fourth-order valence-electron chi connectivity index (χ4n) is 3.83. The third-order valence-electron chi connectivity index (χ3n) is 5.55. The molecule has 0 saturated carbocycles. The second-order valence-electron chi connectivity index (χ2n) is 7.42. The van der Waals surface area contributed by atoms with Crippen LogP contribution in [0.15, 0.2) is 28.6 Å². The summed E-state index contributed by atoms with van der Waals surface area (Å²) in [6.07, 6.45) is 1.02. The molecule has 1 aromatic heterocycles. The SMILES string of the molecule is O=C(Nc1nncs1)C1CCN(c2ccc(S(=O)(=O)N3CCOCC3)cc2[N+](=O)[O-])CC1. The van der Waals surface area contributed by atoms with Crippen LogP contribution < -0.4 is 10.2 Å². The van der Waals surface area contributed by atoms with Gasteiger partial charge in [-0.2, -0.15) is 4.31 Å². The van der Waals surface area contributed by atoms with E-state index in [0.717, 1.165) is 6.07 Å². The fraction of sp³-hybridized carbons (Fsp3) is 0.500. The molecule has 0 unspecified atom stereocenters. The highest BCUT2D eigenvalue weighted by Gasteiger charge is 2.32. The third kappa shape index (κ3) is 4.72. The average Bonchev–Trinajstić information content (AvgIpc) is 3.32. The fourth-order valence-corrected chi connectivity index (χ4v) is 5.71. The number of nitrogens with zero attached hydrogens (tertiary/aromatic N) is 5. The molecule has 1 aromatic carbocycles. The van der Waals surface area contributed by atoms with Crippen molar-refractivity contribution in [3.8, 4) is 0 Å². The topological polar surface area (TPSA) is 148 Å². The highest BCUT2D eigenvalue weighted by Crippen LogP contribution is 2.34. The van der Waals surface area contributed by atoms with Gasteiger partial charge in [0.05, 0.1) is 23.0 Å². The maximum Gasteiger partial charge on any atom is 0.293 e. The number of amides is 1. The zero-order valence-corrected chi connectivity index (χ0v) is 18.7. The van der Waals surface area contributed by atoms with E-state index in [4.69, 9.17) is 4.74 Å². The summed E-state index contributed by atoms with van der Waals surface area (Å²) in [5.41, 5.74) is 1.61. The largest absolute Gasteiger partial charge is 0.379 e. The van der Waals surface area contributed by atoms with Crippen molar-refractivity contribution in [1.29, 1.82) is 0 Å². The molecule has 12 nitrogen and oxygen atoms in total. The van der Waals surface area contributed by atoms with Crippen molar-refractivity contribution in [2.45, 2.75) is 17.7 Å². The molecule has 3 heterocycles. The van der Waals surface area contributed by atoms with Crippen molar-refractivity contribution >= 4 is 43.8 Å². The Morgan fingerprint density at radius 1 is 1.22 bits per heavy atom. The molecular formula is C18H22N6O6S2. The van der Waals surface area contributed by atoms with Gasteiger partial charge in [0, 0.05) is 38.2 Å². The van der Waals surface area contributed by atoms with Crippen LogP contribution in [0.3, 0.4) is 0 Å². The summed E-state index contributed by atoms with van der Waals surface area (Å²) in [5, 5.41) is 22.4. The molecule has 1 amide bonds. The molecule has 1 N–H and O–H groups in total. The molecule has 4 rings (SSSR count). The monoisotopic (exact) mass is 482 g/mol. The van der Waals surface area contributed by atoms with E-state index in [0.29, 0.717) is 50.0 Å². The zero-order valence-electron chi connectivity index (χ0n) is 17.0. The van der Waals surface area contributed by atoms with Crippen LogP contribution >= 0.6 is 11.3 Å². The van der Waals surface area contributed by atoms with Crippen LogP contribution in [0, 0.1) is 16.0 Å². The van der Waals surface area contributed by atoms with Gasteiger partial charge < -0.3 is 15.0 Å². The Balaban J connectivity index is 1.48. The third-order valence-corrected chi connectivity index (χ3v) is 8.05. The molecule has 2 aliphatic heterocycles. The Labute approximate surface area is 188 Å². The van der Waals surface area contributed by atoms with Gasteiger partial charge in [0.2, 0.25) is 21.1 Å². The Kier molecular flexibility index (Phi) is 6.64. The van der Waals surface area contributed by atoms with Gasteiger partial charge in [0.1, 0.15) is 11.2 Å². The van der Waals surface area contributed by atoms with Crippen LogP contribution in [0.25, 0.3) is 0 Å². The van der Waals surface area contributed by atoms with Crippen LogP contribution in [0.1, 0.15) is 12.8 Å². The van der Waals surface area contributed by atoms with Crippen LogP contribution in [0.4, 0.5) is 16.5 Å². The highest BCUT2D eigenvalue weighted by atomic mass is 32.2. The van der Waals surface area contributed by atoms with Gasteiger partial charge in [-0.25, -0.2) is 8.42 Å². The minimum absolute atomic E-state index is 0.110. The summed E-state index contributed by atoms with van der Waals surface area (Å²) >= 11 is 1.23. The second-order valence-corrected chi connectivity index (χ2v) is 10.2. The Hall–Kier alpha value is -2.68. The molecule has 0 atom stereocenters. The molecule has 2 aliphatic rings. The summed E-state index contributed by atoms with van der Waals surface area (Å²) in [5.74, 6) is -0.391. The average molecular weight is 483 g/mol.